The van der Waals surface area contributed by atoms with Crippen molar-refractivity contribution in [2.45, 2.75) is 31.3 Å². The van der Waals surface area contributed by atoms with E-state index in [4.69, 9.17) is 17.3 Å². The summed E-state index contributed by atoms with van der Waals surface area (Å²) in [5, 5.41) is 10.8. The van der Waals surface area contributed by atoms with Crippen LogP contribution in [0.2, 0.25) is 5.02 Å². The normalized spacial score (nSPS) is 17.4. The zero-order chi connectivity index (χ0) is 14.0. The Balaban J connectivity index is 2.10. The molecule has 2 rings (SSSR count). The van der Waals surface area contributed by atoms with E-state index in [2.05, 4.69) is 0 Å². The fourth-order valence-electron chi connectivity index (χ4n) is 2.64. The summed E-state index contributed by atoms with van der Waals surface area (Å²) in [6.07, 6.45) is 3.53. The summed E-state index contributed by atoms with van der Waals surface area (Å²) in [5.41, 5.74) is 5.85. The maximum Gasteiger partial charge on any atom is 0.255 e. The number of carbonyl (C=O) groups excluding carboxylic acids is 1. The third kappa shape index (κ3) is 3.19. The van der Waals surface area contributed by atoms with Gasteiger partial charge in [-0.3, -0.25) is 4.79 Å². The highest BCUT2D eigenvalue weighted by atomic mass is 35.5. The number of halogens is 1. The van der Waals surface area contributed by atoms with Crippen LogP contribution in [-0.2, 0) is 0 Å². The first kappa shape index (κ1) is 14.2. The number of nitrogens with two attached hydrogens (primary N) is 1. The molecule has 0 unspecified atom stereocenters. The molecule has 0 bridgehead atoms. The van der Waals surface area contributed by atoms with E-state index in [0.717, 1.165) is 25.7 Å². The predicted octanol–water partition coefficient (Wildman–Crippen LogP) is 2.30. The van der Waals surface area contributed by atoms with Gasteiger partial charge in [-0.05, 0) is 31.0 Å². The Labute approximate surface area is 118 Å². The largest absolute Gasteiger partial charge is 0.398 e. The summed E-state index contributed by atoms with van der Waals surface area (Å²) in [4.78, 5) is 13.8. The van der Waals surface area contributed by atoms with Crippen molar-refractivity contribution in [2.24, 2.45) is 0 Å². The molecule has 1 aliphatic carbocycles. The molecule has 0 atom stereocenters. The van der Waals surface area contributed by atoms with Crippen molar-refractivity contribution in [3.05, 3.63) is 28.8 Å². The number of rotatable bonds is 3. The van der Waals surface area contributed by atoms with Gasteiger partial charge in [0.05, 0.1) is 11.2 Å². The highest BCUT2D eigenvalue weighted by molar-refractivity contribution is 6.31. The van der Waals surface area contributed by atoms with Crippen LogP contribution >= 0.6 is 11.6 Å². The predicted molar refractivity (Wildman–Crippen MR) is 76.2 cm³/mol. The van der Waals surface area contributed by atoms with Crippen LogP contribution in [0.15, 0.2) is 18.2 Å². The molecule has 0 radical (unpaired) electrons. The van der Waals surface area contributed by atoms with Crippen molar-refractivity contribution >= 4 is 23.2 Å². The van der Waals surface area contributed by atoms with Crippen LogP contribution < -0.4 is 5.73 Å². The minimum absolute atomic E-state index is 0.186. The molecule has 1 fully saturated rings. The lowest BCUT2D eigenvalue weighted by molar-refractivity contribution is 0.0157. The minimum Gasteiger partial charge on any atom is -0.398 e. The molecule has 0 aliphatic heterocycles. The van der Waals surface area contributed by atoms with Gasteiger partial charge < -0.3 is 15.7 Å². The number of aliphatic hydroxyl groups is 1. The van der Waals surface area contributed by atoms with Crippen molar-refractivity contribution in [2.75, 3.05) is 19.3 Å². The molecule has 0 saturated heterocycles. The van der Waals surface area contributed by atoms with Gasteiger partial charge in [-0.15, -0.1) is 0 Å². The topological polar surface area (TPSA) is 66.6 Å². The molecule has 4 nitrogen and oxygen atoms in total. The third-order valence-corrected chi connectivity index (χ3v) is 3.89. The molecule has 1 aromatic rings. The molecular formula is C14H19ClN2O2. The van der Waals surface area contributed by atoms with Crippen LogP contribution in [-0.4, -0.2) is 35.1 Å². The van der Waals surface area contributed by atoms with E-state index < -0.39 is 5.60 Å². The van der Waals surface area contributed by atoms with Gasteiger partial charge in [0.2, 0.25) is 0 Å². The molecule has 5 heteroatoms. The molecule has 19 heavy (non-hydrogen) atoms. The maximum atomic E-state index is 12.3. The zero-order valence-electron chi connectivity index (χ0n) is 11.0. The number of benzene rings is 1. The monoisotopic (exact) mass is 282 g/mol. The van der Waals surface area contributed by atoms with Gasteiger partial charge in [-0.2, -0.15) is 0 Å². The second-order valence-electron chi connectivity index (χ2n) is 5.32. The second kappa shape index (κ2) is 5.39. The fourth-order valence-corrected chi connectivity index (χ4v) is 2.82. The SMILES string of the molecule is CN(CC1(O)CCCC1)C(=O)c1ccc(Cl)cc1N. The number of carbonyl (C=O) groups is 1. The Hall–Kier alpha value is -1.26. The molecule has 3 N–H and O–H groups in total. The summed E-state index contributed by atoms with van der Waals surface area (Å²) in [7, 11) is 1.69. The van der Waals surface area contributed by atoms with E-state index in [1.807, 2.05) is 0 Å². The first-order chi connectivity index (χ1) is 8.91. The maximum absolute atomic E-state index is 12.3. The molecule has 0 heterocycles. The van der Waals surface area contributed by atoms with E-state index in [0.29, 0.717) is 22.8 Å². The lowest BCUT2D eigenvalue weighted by atomic mass is 10.0. The van der Waals surface area contributed by atoms with Crippen molar-refractivity contribution in [3.63, 3.8) is 0 Å². The quantitative estimate of drug-likeness (QED) is 0.836. The average Bonchev–Trinajstić information content (AvgIpc) is 2.75. The first-order valence-electron chi connectivity index (χ1n) is 6.44. The number of likely N-dealkylation sites (N-methyl/N-ethyl adjacent to an activating group) is 1. The Morgan fingerprint density at radius 2 is 2.11 bits per heavy atom. The molecule has 1 amide bonds. The van der Waals surface area contributed by atoms with Crippen LogP contribution in [0.25, 0.3) is 0 Å². The molecule has 1 aliphatic rings. The number of nitrogen functional groups attached to an aromatic ring is 1. The van der Waals surface area contributed by atoms with Crippen molar-refractivity contribution in [1.82, 2.24) is 4.90 Å². The fraction of sp³-hybridized carbons (Fsp3) is 0.500. The zero-order valence-corrected chi connectivity index (χ0v) is 11.8. The highest BCUT2D eigenvalue weighted by Crippen LogP contribution is 2.30. The molecule has 0 aromatic heterocycles. The molecular weight excluding hydrogens is 264 g/mol. The number of amides is 1. The Morgan fingerprint density at radius 1 is 1.47 bits per heavy atom. The van der Waals surface area contributed by atoms with Gasteiger partial charge in [0.25, 0.3) is 5.91 Å². The van der Waals surface area contributed by atoms with Gasteiger partial charge in [0, 0.05) is 24.3 Å². The Morgan fingerprint density at radius 3 is 2.68 bits per heavy atom. The van der Waals surface area contributed by atoms with E-state index in [-0.39, 0.29) is 5.91 Å². The van der Waals surface area contributed by atoms with Crippen molar-refractivity contribution in [1.29, 1.82) is 0 Å². The van der Waals surface area contributed by atoms with Crippen LogP contribution in [0.4, 0.5) is 5.69 Å². The smallest absolute Gasteiger partial charge is 0.255 e. The van der Waals surface area contributed by atoms with Gasteiger partial charge in [0.15, 0.2) is 0 Å². The lowest BCUT2D eigenvalue weighted by Crippen LogP contribution is -2.42. The van der Waals surface area contributed by atoms with Gasteiger partial charge in [0.1, 0.15) is 0 Å². The van der Waals surface area contributed by atoms with Gasteiger partial charge in [-0.25, -0.2) is 0 Å². The van der Waals surface area contributed by atoms with E-state index in [9.17, 15) is 9.90 Å². The standard InChI is InChI=1S/C14H19ClN2O2/c1-17(9-14(19)6-2-3-7-14)13(18)11-5-4-10(15)8-12(11)16/h4-5,8,19H,2-3,6-7,9,16H2,1H3. The third-order valence-electron chi connectivity index (χ3n) is 3.66. The van der Waals surface area contributed by atoms with E-state index in [1.165, 1.54) is 4.90 Å². The van der Waals surface area contributed by atoms with Crippen molar-refractivity contribution < 1.29 is 9.90 Å². The lowest BCUT2D eigenvalue weighted by Gasteiger charge is -2.29. The second-order valence-corrected chi connectivity index (χ2v) is 5.76. The Kier molecular flexibility index (Phi) is 4.02. The number of anilines is 1. The molecule has 104 valence electrons. The summed E-state index contributed by atoms with van der Waals surface area (Å²) >= 11 is 5.82. The van der Waals surface area contributed by atoms with Crippen LogP contribution in [0.3, 0.4) is 0 Å². The summed E-state index contributed by atoms with van der Waals surface area (Å²) in [6.45, 7) is 0.341. The summed E-state index contributed by atoms with van der Waals surface area (Å²) < 4.78 is 0. The Bertz CT molecular complexity index is 484. The first-order valence-corrected chi connectivity index (χ1v) is 6.82. The van der Waals surface area contributed by atoms with Crippen molar-refractivity contribution in [3.8, 4) is 0 Å². The molecule has 1 aromatic carbocycles. The van der Waals surface area contributed by atoms with Gasteiger partial charge >= 0.3 is 0 Å². The molecule has 0 spiro atoms. The number of nitrogens with zero attached hydrogens (tertiary/aromatic N) is 1. The van der Waals surface area contributed by atoms with E-state index >= 15 is 0 Å². The minimum atomic E-state index is -0.744. The van der Waals surface area contributed by atoms with Crippen LogP contribution in [0, 0.1) is 0 Å². The summed E-state index contributed by atoms with van der Waals surface area (Å²) in [5.74, 6) is -0.186. The number of hydrogen-bond acceptors (Lipinski definition) is 3. The molecule has 1 saturated carbocycles. The van der Waals surface area contributed by atoms with Crippen LogP contribution in [0.5, 0.6) is 0 Å². The average molecular weight is 283 g/mol. The highest BCUT2D eigenvalue weighted by Gasteiger charge is 2.33. The van der Waals surface area contributed by atoms with E-state index in [1.54, 1.807) is 25.2 Å². The summed E-state index contributed by atoms with van der Waals surface area (Å²) in [6, 6.07) is 4.82. The number of hydrogen-bond donors (Lipinski definition) is 2. The van der Waals surface area contributed by atoms with Crippen LogP contribution in [0.1, 0.15) is 36.0 Å². The van der Waals surface area contributed by atoms with Gasteiger partial charge in [-0.1, -0.05) is 24.4 Å².